The van der Waals surface area contributed by atoms with Gasteiger partial charge in [-0.1, -0.05) is 19.1 Å². The van der Waals surface area contributed by atoms with Crippen molar-refractivity contribution in [3.63, 3.8) is 0 Å². The molecule has 0 aliphatic carbocycles. The van der Waals surface area contributed by atoms with Gasteiger partial charge in [-0.25, -0.2) is 0 Å². The van der Waals surface area contributed by atoms with Crippen LogP contribution < -0.4 is 5.32 Å². The molecule has 0 atom stereocenters. The molecule has 6 nitrogen and oxygen atoms in total. The molecule has 0 aliphatic heterocycles. The highest BCUT2D eigenvalue weighted by atomic mass is 127. The summed E-state index contributed by atoms with van der Waals surface area (Å²) < 4.78 is 39.8. The third-order valence-electron chi connectivity index (χ3n) is 3.92. The standard InChI is InChI=1S/C17H23F3N6.HI/c1-4-15-24-23-12-26(15)10-9-22-16(21-2)25(3)11-13-5-7-14(8-6-13)17(18,19)20;/h5-8,12H,4,9-11H2,1-3H3,(H,21,22);1H. The van der Waals surface area contributed by atoms with Crippen LogP contribution in [0.4, 0.5) is 13.2 Å². The number of benzene rings is 1. The number of aliphatic imine (C=N–C) groups is 1. The van der Waals surface area contributed by atoms with E-state index >= 15 is 0 Å². The summed E-state index contributed by atoms with van der Waals surface area (Å²) >= 11 is 0. The summed E-state index contributed by atoms with van der Waals surface area (Å²) in [4.78, 5) is 6.07. The number of guanidine groups is 1. The number of nitrogens with zero attached hydrogens (tertiary/aromatic N) is 5. The van der Waals surface area contributed by atoms with Crippen LogP contribution in [0, 0.1) is 0 Å². The van der Waals surface area contributed by atoms with Crippen LogP contribution in [0.3, 0.4) is 0 Å². The lowest BCUT2D eigenvalue weighted by Crippen LogP contribution is -2.39. The van der Waals surface area contributed by atoms with Crippen LogP contribution in [0.2, 0.25) is 0 Å². The Balaban J connectivity index is 0.00000364. The SMILES string of the molecule is CCc1nncn1CCNC(=NC)N(C)Cc1ccc(C(F)(F)F)cc1.I. The van der Waals surface area contributed by atoms with E-state index in [1.807, 2.05) is 23.4 Å². The van der Waals surface area contributed by atoms with Crippen molar-refractivity contribution in [1.29, 1.82) is 0 Å². The van der Waals surface area contributed by atoms with E-state index in [0.717, 1.165) is 29.9 Å². The summed E-state index contributed by atoms with van der Waals surface area (Å²) in [5.41, 5.74) is 0.127. The third-order valence-corrected chi connectivity index (χ3v) is 3.92. The minimum atomic E-state index is -4.32. The molecule has 0 aliphatic rings. The van der Waals surface area contributed by atoms with Crippen molar-refractivity contribution in [2.45, 2.75) is 32.6 Å². The minimum absolute atomic E-state index is 0. The quantitative estimate of drug-likeness (QED) is 0.380. The van der Waals surface area contributed by atoms with Gasteiger partial charge in [0.1, 0.15) is 12.2 Å². The first kappa shape index (κ1) is 23.2. The molecule has 2 rings (SSSR count). The highest BCUT2D eigenvalue weighted by Gasteiger charge is 2.29. The fraction of sp³-hybridized carbons (Fsp3) is 0.471. The molecule has 1 N–H and O–H groups in total. The Bertz CT molecular complexity index is 727. The number of alkyl halides is 3. The van der Waals surface area contributed by atoms with Crippen molar-refractivity contribution in [2.24, 2.45) is 4.99 Å². The molecule has 150 valence electrons. The number of hydrogen-bond acceptors (Lipinski definition) is 3. The predicted molar refractivity (Wildman–Crippen MR) is 109 cm³/mol. The zero-order valence-corrected chi connectivity index (χ0v) is 17.8. The molecule has 0 saturated carbocycles. The number of rotatable bonds is 6. The second-order valence-corrected chi connectivity index (χ2v) is 5.82. The number of halogens is 4. The summed E-state index contributed by atoms with van der Waals surface area (Å²) in [6, 6.07) is 5.16. The minimum Gasteiger partial charge on any atom is -0.354 e. The lowest BCUT2D eigenvalue weighted by Gasteiger charge is -2.22. The van der Waals surface area contributed by atoms with Gasteiger partial charge in [-0.2, -0.15) is 13.2 Å². The van der Waals surface area contributed by atoms with Gasteiger partial charge in [0.2, 0.25) is 0 Å². The van der Waals surface area contributed by atoms with Crippen molar-refractivity contribution in [3.8, 4) is 0 Å². The highest BCUT2D eigenvalue weighted by Crippen LogP contribution is 2.29. The van der Waals surface area contributed by atoms with Gasteiger partial charge in [-0.15, -0.1) is 34.2 Å². The fourth-order valence-corrected chi connectivity index (χ4v) is 2.56. The van der Waals surface area contributed by atoms with E-state index in [2.05, 4.69) is 20.5 Å². The van der Waals surface area contributed by atoms with E-state index in [4.69, 9.17) is 0 Å². The normalized spacial score (nSPS) is 11.9. The first-order valence-electron chi connectivity index (χ1n) is 8.29. The van der Waals surface area contributed by atoms with Crippen molar-refractivity contribution >= 4 is 29.9 Å². The second kappa shape index (κ2) is 10.5. The highest BCUT2D eigenvalue weighted by molar-refractivity contribution is 14.0. The Morgan fingerprint density at radius 2 is 1.93 bits per heavy atom. The summed E-state index contributed by atoms with van der Waals surface area (Å²) in [6.45, 7) is 3.80. The average molecular weight is 496 g/mol. The first-order valence-corrected chi connectivity index (χ1v) is 8.29. The van der Waals surface area contributed by atoms with Gasteiger partial charge in [0.15, 0.2) is 5.96 Å². The predicted octanol–water partition coefficient (Wildman–Crippen LogP) is 3.18. The number of hydrogen-bond donors (Lipinski definition) is 1. The van der Waals surface area contributed by atoms with E-state index in [-0.39, 0.29) is 24.0 Å². The fourth-order valence-electron chi connectivity index (χ4n) is 2.56. The number of aromatic nitrogens is 3. The van der Waals surface area contributed by atoms with Gasteiger partial charge < -0.3 is 14.8 Å². The molecule has 0 spiro atoms. The molecule has 0 amide bonds. The summed E-state index contributed by atoms with van der Waals surface area (Å²) in [5.74, 6) is 1.58. The Kier molecular flexibility index (Phi) is 9.00. The van der Waals surface area contributed by atoms with Gasteiger partial charge in [0.25, 0.3) is 0 Å². The monoisotopic (exact) mass is 496 g/mol. The second-order valence-electron chi connectivity index (χ2n) is 5.82. The molecule has 0 fully saturated rings. The first-order chi connectivity index (χ1) is 12.3. The van der Waals surface area contributed by atoms with E-state index < -0.39 is 11.7 Å². The molecule has 2 aromatic rings. The van der Waals surface area contributed by atoms with Crippen molar-refractivity contribution in [2.75, 3.05) is 20.6 Å². The average Bonchev–Trinajstić information content (AvgIpc) is 3.05. The van der Waals surface area contributed by atoms with Crippen LogP contribution in [0.15, 0.2) is 35.6 Å². The van der Waals surface area contributed by atoms with Crippen LogP contribution >= 0.6 is 24.0 Å². The van der Waals surface area contributed by atoms with E-state index in [1.54, 1.807) is 13.4 Å². The van der Waals surface area contributed by atoms with Crippen molar-refractivity contribution in [3.05, 3.63) is 47.5 Å². The Morgan fingerprint density at radius 1 is 1.26 bits per heavy atom. The van der Waals surface area contributed by atoms with E-state index in [9.17, 15) is 13.2 Å². The van der Waals surface area contributed by atoms with Crippen molar-refractivity contribution in [1.82, 2.24) is 25.0 Å². The molecule has 0 unspecified atom stereocenters. The molecule has 27 heavy (non-hydrogen) atoms. The zero-order valence-electron chi connectivity index (χ0n) is 15.5. The Morgan fingerprint density at radius 3 is 2.48 bits per heavy atom. The van der Waals surface area contributed by atoms with E-state index in [1.165, 1.54) is 12.1 Å². The van der Waals surface area contributed by atoms with E-state index in [0.29, 0.717) is 25.6 Å². The number of aryl methyl sites for hydroxylation is 1. The topological polar surface area (TPSA) is 58.3 Å². The Hall–Kier alpha value is -1.85. The van der Waals surface area contributed by atoms with Crippen LogP contribution in [-0.4, -0.2) is 46.3 Å². The van der Waals surface area contributed by atoms with Crippen LogP contribution in [0.5, 0.6) is 0 Å². The van der Waals surface area contributed by atoms with Gasteiger partial charge in [-0.05, 0) is 17.7 Å². The molecule has 0 radical (unpaired) electrons. The number of nitrogens with one attached hydrogen (secondary N) is 1. The summed E-state index contributed by atoms with van der Waals surface area (Å²) in [7, 11) is 3.51. The molecule has 0 saturated heterocycles. The van der Waals surface area contributed by atoms with Crippen LogP contribution in [0.25, 0.3) is 0 Å². The zero-order chi connectivity index (χ0) is 19.2. The molecular formula is C17H24F3IN6. The maximum absolute atomic E-state index is 12.6. The molecule has 1 aromatic carbocycles. The lowest BCUT2D eigenvalue weighted by molar-refractivity contribution is -0.137. The van der Waals surface area contributed by atoms with Crippen LogP contribution in [0.1, 0.15) is 23.9 Å². The smallest absolute Gasteiger partial charge is 0.354 e. The van der Waals surface area contributed by atoms with Gasteiger partial charge >= 0.3 is 6.18 Å². The van der Waals surface area contributed by atoms with Gasteiger partial charge in [0, 0.05) is 40.2 Å². The molecular weight excluding hydrogens is 472 g/mol. The molecule has 1 heterocycles. The molecule has 1 aromatic heterocycles. The molecule has 0 bridgehead atoms. The van der Waals surface area contributed by atoms with Crippen molar-refractivity contribution < 1.29 is 13.2 Å². The summed E-state index contributed by atoms with van der Waals surface area (Å²) in [6.07, 6.45) is -1.82. The van der Waals surface area contributed by atoms with Gasteiger partial charge in [0.05, 0.1) is 5.56 Å². The third kappa shape index (κ3) is 6.67. The Labute approximate surface area is 173 Å². The lowest BCUT2D eigenvalue weighted by atomic mass is 10.1. The largest absolute Gasteiger partial charge is 0.416 e. The summed E-state index contributed by atoms with van der Waals surface area (Å²) in [5, 5.41) is 11.2. The maximum atomic E-state index is 12.6. The molecule has 10 heteroatoms. The van der Waals surface area contributed by atoms with Gasteiger partial charge in [-0.3, -0.25) is 4.99 Å². The van der Waals surface area contributed by atoms with Crippen LogP contribution in [-0.2, 0) is 25.7 Å². The maximum Gasteiger partial charge on any atom is 0.416 e.